The number of carbonyl (C=O) groups is 2. The second-order valence-corrected chi connectivity index (χ2v) is 6.45. The van der Waals surface area contributed by atoms with E-state index in [9.17, 15) is 9.59 Å². The van der Waals surface area contributed by atoms with Crippen LogP contribution < -0.4 is 0 Å². The van der Waals surface area contributed by atoms with Gasteiger partial charge in [0.15, 0.2) is 0 Å². The van der Waals surface area contributed by atoms with E-state index in [0.717, 1.165) is 12.1 Å². The van der Waals surface area contributed by atoms with E-state index in [-0.39, 0.29) is 12.4 Å². The van der Waals surface area contributed by atoms with Gasteiger partial charge in [0.05, 0.1) is 19.6 Å². The molecule has 0 atom stereocenters. The number of hydrogen-bond acceptors (Lipinski definition) is 9. The number of amides is 1. The van der Waals surface area contributed by atoms with E-state index < -0.39 is 6.09 Å². The summed E-state index contributed by atoms with van der Waals surface area (Å²) < 4.78 is 13.1. The molecule has 0 aromatic heterocycles. The number of nitrogens with zero attached hydrogens (tertiary/aromatic N) is 3. The predicted molar refractivity (Wildman–Crippen MR) is 93.2 cm³/mol. The molecule has 0 saturated carbocycles. The molecule has 10 heteroatoms. The Kier molecular flexibility index (Phi) is 12.9. The van der Waals surface area contributed by atoms with Gasteiger partial charge in [-0.15, -0.1) is 11.8 Å². The van der Waals surface area contributed by atoms with Crippen molar-refractivity contribution < 1.29 is 23.9 Å². The number of esters is 1. The number of oxime groups is 1. The van der Waals surface area contributed by atoms with Gasteiger partial charge in [-0.05, 0) is 20.1 Å². The molecule has 0 aromatic rings. The van der Waals surface area contributed by atoms with E-state index in [4.69, 9.17) is 14.3 Å². The van der Waals surface area contributed by atoms with Gasteiger partial charge in [-0.2, -0.15) is 0 Å². The predicted octanol–water partition coefficient (Wildman–Crippen LogP) is 2.22. The molecule has 0 radical (unpaired) electrons. The smallest absolute Gasteiger partial charge is 0.446 e. The van der Waals surface area contributed by atoms with Crippen molar-refractivity contribution in [2.24, 2.45) is 5.16 Å². The normalized spacial score (nSPS) is 11.5. The highest BCUT2D eigenvalue weighted by Gasteiger charge is 2.17. The van der Waals surface area contributed by atoms with Gasteiger partial charge in [0.2, 0.25) is 0 Å². The first-order chi connectivity index (χ1) is 10.9. The second-order valence-electron chi connectivity index (χ2n) is 4.23. The number of carbonyl (C=O) groups excluding carboxylic acids is 2. The Morgan fingerprint density at radius 2 is 1.96 bits per heavy atom. The van der Waals surface area contributed by atoms with Crippen LogP contribution in [0.15, 0.2) is 5.16 Å². The van der Waals surface area contributed by atoms with E-state index in [2.05, 4.69) is 5.16 Å². The molecule has 0 aliphatic heterocycles. The van der Waals surface area contributed by atoms with Gasteiger partial charge in [0.25, 0.3) is 0 Å². The lowest BCUT2D eigenvalue weighted by Gasteiger charge is -2.24. The first kappa shape index (κ1) is 22.0. The molecule has 0 rings (SSSR count). The van der Waals surface area contributed by atoms with Crippen LogP contribution in [0, 0.1) is 0 Å². The van der Waals surface area contributed by atoms with E-state index in [1.165, 1.54) is 16.1 Å². The summed E-state index contributed by atoms with van der Waals surface area (Å²) >= 11 is 2.53. The van der Waals surface area contributed by atoms with Crippen LogP contribution in [0.2, 0.25) is 0 Å². The minimum atomic E-state index is -0.595. The minimum absolute atomic E-state index is 0.233. The summed E-state index contributed by atoms with van der Waals surface area (Å²) in [6, 6.07) is 0. The van der Waals surface area contributed by atoms with Crippen LogP contribution in [0.4, 0.5) is 4.79 Å². The molecular formula is C13H25N3O5S2. The fourth-order valence-electron chi connectivity index (χ4n) is 1.24. The summed E-state index contributed by atoms with van der Waals surface area (Å²) in [5, 5.41) is 4.34. The van der Waals surface area contributed by atoms with Crippen molar-refractivity contribution in [3.05, 3.63) is 0 Å². The van der Waals surface area contributed by atoms with Gasteiger partial charge in [-0.1, -0.05) is 5.16 Å². The lowest BCUT2D eigenvalue weighted by Crippen LogP contribution is -2.31. The Morgan fingerprint density at radius 1 is 1.26 bits per heavy atom. The van der Waals surface area contributed by atoms with Crippen LogP contribution in [-0.4, -0.2) is 72.4 Å². The van der Waals surface area contributed by atoms with Crippen molar-refractivity contribution in [3.63, 3.8) is 0 Å². The average molecular weight is 367 g/mol. The fourth-order valence-corrected chi connectivity index (χ4v) is 2.13. The van der Waals surface area contributed by atoms with Crippen LogP contribution in [0.5, 0.6) is 0 Å². The van der Waals surface area contributed by atoms with Gasteiger partial charge < -0.3 is 9.47 Å². The van der Waals surface area contributed by atoms with Gasteiger partial charge in [-0.25, -0.2) is 13.4 Å². The van der Waals surface area contributed by atoms with Crippen LogP contribution in [-0.2, 0) is 19.1 Å². The average Bonchev–Trinajstić information content (AvgIpc) is 2.54. The summed E-state index contributed by atoms with van der Waals surface area (Å²) in [5.74, 6) is -0.277. The zero-order chi connectivity index (χ0) is 17.7. The Bertz CT molecular complexity index is 396. The third kappa shape index (κ3) is 11.2. The standard InChI is InChI=1S/C13H25N3O5S2/c1-6-20-12(17)7-8-16(9-10-19-4)23-15(3)13(18)21-14-11(2)22-5/h6-10H2,1-5H3. The molecule has 0 aromatic carbocycles. The number of thioether (sulfide) groups is 1. The van der Waals surface area contributed by atoms with Crippen LogP contribution in [0.1, 0.15) is 20.3 Å². The quantitative estimate of drug-likeness (QED) is 0.145. The van der Waals surface area contributed by atoms with Crippen molar-refractivity contribution >= 4 is 41.0 Å². The molecule has 0 spiro atoms. The second kappa shape index (κ2) is 13.5. The highest BCUT2D eigenvalue weighted by atomic mass is 32.2. The molecule has 0 bridgehead atoms. The van der Waals surface area contributed by atoms with E-state index in [0.29, 0.717) is 31.3 Å². The van der Waals surface area contributed by atoms with Gasteiger partial charge in [0, 0.05) is 39.4 Å². The van der Waals surface area contributed by atoms with E-state index >= 15 is 0 Å². The van der Waals surface area contributed by atoms with Crippen LogP contribution in [0.3, 0.4) is 0 Å². The van der Waals surface area contributed by atoms with Gasteiger partial charge in [0.1, 0.15) is 5.04 Å². The number of methoxy groups -OCH3 is 1. The molecule has 0 unspecified atom stereocenters. The van der Waals surface area contributed by atoms with E-state index in [1.54, 1.807) is 28.0 Å². The highest BCUT2D eigenvalue weighted by Crippen LogP contribution is 2.16. The summed E-state index contributed by atoms with van der Waals surface area (Å²) in [5.41, 5.74) is 0. The van der Waals surface area contributed by atoms with Crippen molar-refractivity contribution in [2.75, 3.05) is 46.7 Å². The highest BCUT2D eigenvalue weighted by molar-refractivity contribution is 8.13. The van der Waals surface area contributed by atoms with Crippen molar-refractivity contribution in [3.8, 4) is 0 Å². The van der Waals surface area contributed by atoms with Crippen molar-refractivity contribution in [1.29, 1.82) is 0 Å². The Hall–Kier alpha value is -0.970. The van der Waals surface area contributed by atoms with Gasteiger partial charge >= 0.3 is 12.1 Å². The Balaban J connectivity index is 4.43. The molecule has 0 aliphatic rings. The fraction of sp³-hybridized carbons (Fsp3) is 0.769. The largest absolute Gasteiger partial charge is 0.466 e. The van der Waals surface area contributed by atoms with Crippen LogP contribution >= 0.6 is 23.9 Å². The molecule has 134 valence electrons. The zero-order valence-electron chi connectivity index (χ0n) is 14.2. The van der Waals surface area contributed by atoms with Crippen molar-refractivity contribution in [2.45, 2.75) is 20.3 Å². The summed E-state index contributed by atoms with van der Waals surface area (Å²) in [4.78, 5) is 28.1. The summed E-state index contributed by atoms with van der Waals surface area (Å²) in [6.07, 6.45) is 1.48. The monoisotopic (exact) mass is 367 g/mol. The summed E-state index contributed by atoms with van der Waals surface area (Å²) in [6.45, 7) is 5.31. The lowest BCUT2D eigenvalue weighted by atomic mass is 10.4. The number of ether oxygens (including phenoxy) is 2. The minimum Gasteiger partial charge on any atom is -0.466 e. The summed E-state index contributed by atoms with van der Waals surface area (Å²) in [7, 11) is 3.16. The molecule has 23 heavy (non-hydrogen) atoms. The maximum Gasteiger partial charge on any atom is 0.446 e. The third-order valence-corrected chi connectivity index (χ3v) is 4.11. The molecule has 0 N–H and O–H groups in total. The first-order valence-corrected chi connectivity index (χ1v) is 9.00. The Labute approximate surface area is 146 Å². The molecule has 0 aliphatic carbocycles. The maximum atomic E-state index is 11.8. The molecule has 0 heterocycles. The SMILES string of the molecule is CCOC(=O)CCN(CCOC)SN(C)C(=O)ON=C(C)SC. The first-order valence-electron chi connectivity index (χ1n) is 7.05. The molecule has 0 fully saturated rings. The van der Waals surface area contributed by atoms with Gasteiger partial charge in [-0.3, -0.25) is 9.63 Å². The lowest BCUT2D eigenvalue weighted by molar-refractivity contribution is -0.143. The van der Waals surface area contributed by atoms with Crippen molar-refractivity contribution in [1.82, 2.24) is 8.61 Å². The van der Waals surface area contributed by atoms with E-state index in [1.807, 2.05) is 10.6 Å². The number of hydrogen-bond donors (Lipinski definition) is 0. The molecule has 0 saturated heterocycles. The maximum absolute atomic E-state index is 11.8. The zero-order valence-corrected chi connectivity index (χ0v) is 15.9. The molecule has 1 amide bonds. The molecule has 8 nitrogen and oxygen atoms in total. The third-order valence-electron chi connectivity index (χ3n) is 2.46. The topological polar surface area (TPSA) is 80.7 Å². The number of rotatable bonds is 10. The molecular weight excluding hydrogens is 342 g/mol. The Morgan fingerprint density at radius 3 is 2.52 bits per heavy atom. The van der Waals surface area contributed by atoms with Crippen LogP contribution in [0.25, 0.3) is 0 Å².